The van der Waals surface area contributed by atoms with Crippen LogP contribution in [0.2, 0.25) is 0 Å². The Hall–Kier alpha value is -0.230. The molecule has 0 spiro atoms. The normalized spacial score (nSPS) is 23.8. The summed E-state index contributed by atoms with van der Waals surface area (Å²) in [5.74, 6) is 0. The minimum atomic E-state index is -0.399. The van der Waals surface area contributed by atoms with E-state index in [1.165, 1.54) is 6.42 Å². The highest BCUT2D eigenvalue weighted by molar-refractivity contribution is 5.85. The molecule has 2 heterocycles. The number of nitrogens with zero attached hydrogens (tertiary/aromatic N) is 2. The van der Waals surface area contributed by atoms with E-state index in [4.69, 9.17) is 4.74 Å². The van der Waals surface area contributed by atoms with E-state index in [0.29, 0.717) is 6.04 Å². The maximum Gasteiger partial charge on any atom is 0.410 e. The first-order valence-electron chi connectivity index (χ1n) is 6.88. The van der Waals surface area contributed by atoms with Crippen molar-refractivity contribution < 1.29 is 9.53 Å². The van der Waals surface area contributed by atoms with Gasteiger partial charge in [0.25, 0.3) is 0 Å². The predicted molar refractivity (Wildman–Crippen MR) is 85.2 cm³/mol. The number of ether oxygens (including phenoxy) is 1. The summed E-state index contributed by atoms with van der Waals surface area (Å²) in [6.07, 6.45) is 1.05. The lowest BCUT2D eigenvalue weighted by Crippen LogP contribution is -2.53. The number of rotatable bonds is 1. The second-order valence-electron chi connectivity index (χ2n) is 6.15. The minimum absolute atomic E-state index is 0. The van der Waals surface area contributed by atoms with Gasteiger partial charge >= 0.3 is 6.09 Å². The standard InChI is InChI=1S/C13H25N3O2.2ClH/c1-13(2,3)18-12(17)16-8-6-15(7-9-16)11-4-5-14-10-11;;/h11,14H,4-10H2,1-3H3;2*1H. The third-order valence-corrected chi connectivity index (χ3v) is 3.52. The third kappa shape index (κ3) is 5.64. The van der Waals surface area contributed by atoms with Crippen LogP contribution in [0, 0.1) is 0 Å². The van der Waals surface area contributed by atoms with Gasteiger partial charge in [-0.15, -0.1) is 24.8 Å². The highest BCUT2D eigenvalue weighted by Gasteiger charge is 2.29. The molecule has 5 nitrogen and oxygen atoms in total. The number of hydrogen-bond acceptors (Lipinski definition) is 4. The van der Waals surface area contributed by atoms with E-state index in [1.54, 1.807) is 0 Å². The molecule has 2 fully saturated rings. The van der Waals surface area contributed by atoms with Gasteiger partial charge in [-0.3, -0.25) is 4.90 Å². The monoisotopic (exact) mass is 327 g/mol. The van der Waals surface area contributed by atoms with Gasteiger partial charge in [-0.2, -0.15) is 0 Å². The van der Waals surface area contributed by atoms with Crippen LogP contribution in [0.1, 0.15) is 27.2 Å². The summed E-state index contributed by atoms with van der Waals surface area (Å²) in [5, 5.41) is 3.39. The molecule has 0 aromatic rings. The Bertz CT molecular complexity index is 296. The van der Waals surface area contributed by atoms with Gasteiger partial charge in [0.1, 0.15) is 5.60 Å². The summed E-state index contributed by atoms with van der Waals surface area (Å²) >= 11 is 0. The van der Waals surface area contributed by atoms with Gasteiger partial charge in [0, 0.05) is 38.8 Å². The Balaban J connectivity index is 0.00000180. The van der Waals surface area contributed by atoms with Crippen LogP contribution in [0.4, 0.5) is 4.79 Å². The molecule has 0 radical (unpaired) electrons. The number of nitrogens with one attached hydrogen (secondary N) is 1. The number of piperazine rings is 1. The number of carbonyl (C=O) groups excluding carboxylic acids is 1. The fourth-order valence-corrected chi connectivity index (χ4v) is 2.55. The van der Waals surface area contributed by atoms with Gasteiger partial charge in [0.2, 0.25) is 0 Å². The van der Waals surface area contributed by atoms with E-state index in [2.05, 4.69) is 10.2 Å². The molecule has 20 heavy (non-hydrogen) atoms. The molecular formula is C13H27Cl2N3O2. The fourth-order valence-electron chi connectivity index (χ4n) is 2.55. The zero-order valence-corrected chi connectivity index (χ0v) is 14.2. The molecular weight excluding hydrogens is 301 g/mol. The molecule has 1 atom stereocenters. The van der Waals surface area contributed by atoms with Crippen molar-refractivity contribution in [1.29, 1.82) is 0 Å². The highest BCUT2D eigenvalue weighted by atomic mass is 35.5. The quantitative estimate of drug-likeness (QED) is 0.796. The van der Waals surface area contributed by atoms with Crippen molar-refractivity contribution in [2.75, 3.05) is 39.3 Å². The van der Waals surface area contributed by atoms with E-state index in [-0.39, 0.29) is 30.9 Å². The topological polar surface area (TPSA) is 44.8 Å². The van der Waals surface area contributed by atoms with Crippen molar-refractivity contribution >= 4 is 30.9 Å². The maximum absolute atomic E-state index is 11.9. The fraction of sp³-hybridized carbons (Fsp3) is 0.923. The van der Waals surface area contributed by atoms with Crippen LogP contribution in [-0.4, -0.2) is 66.8 Å². The van der Waals surface area contributed by atoms with Gasteiger partial charge in [0.15, 0.2) is 0 Å². The second kappa shape index (κ2) is 8.27. The summed E-state index contributed by atoms with van der Waals surface area (Å²) in [5.41, 5.74) is -0.399. The lowest BCUT2D eigenvalue weighted by Gasteiger charge is -2.38. The highest BCUT2D eigenvalue weighted by Crippen LogP contribution is 2.15. The number of amides is 1. The van der Waals surface area contributed by atoms with Crippen molar-refractivity contribution in [3.63, 3.8) is 0 Å². The zero-order chi connectivity index (χ0) is 13.2. The molecule has 1 amide bonds. The van der Waals surface area contributed by atoms with Crippen molar-refractivity contribution in [2.24, 2.45) is 0 Å². The number of halogens is 2. The van der Waals surface area contributed by atoms with Crippen molar-refractivity contribution in [1.82, 2.24) is 15.1 Å². The maximum atomic E-state index is 11.9. The smallest absolute Gasteiger partial charge is 0.410 e. The van der Waals surface area contributed by atoms with E-state index in [0.717, 1.165) is 39.3 Å². The Morgan fingerprint density at radius 3 is 2.20 bits per heavy atom. The average Bonchev–Trinajstić information content (AvgIpc) is 2.80. The molecule has 2 rings (SSSR count). The molecule has 2 saturated heterocycles. The van der Waals surface area contributed by atoms with Crippen molar-refractivity contribution in [3.05, 3.63) is 0 Å². The van der Waals surface area contributed by atoms with Crippen LogP contribution in [0.25, 0.3) is 0 Å². The van der Waals surface area contributed by atoms with Crippen LogP contribution < -0.4 is 5.32 Å². The summed E-state index contributed by atoms with van der Waals surface area (Å²) in [6.45, 7) is 11.4. The summed E-state index contributed by atoms with van der Waals surface area (Å²) in [6, 6.07) is 0.658. The molecule has 0 aliphatic carbocycles. The molecule has 2 aliphatic rings. The molecule has 120 valence electrons. The first-order valence-corrected chi connectivity index (χ1v) is 6.88. The first-order chi connectivity index (χ1) is 8.46. The van der Waals surface area contributed by atoms with Crippen LogP contribution in [0.5, 0.6) is 0 Å². The van der Waals surface area contributed by atoms with Gasteiger partial charge in [-0.1, -0.05) is 0 Å². The molecule has 0 bridgehead atoms. The van der Waals surface area contributed by atoms with Crippen LogP contribution in [-0.2, 0) is 4.74 Å². The summed E-state index contributed by atoms with van der Waals surface area (Å²) in [4.78, 5) is 16.2. The molecule has 0 aromatic heterocycles. The van der Waals surface area contributed by atoms with Crippen LogP contribution in [0.3, 0.4) is 0 Å². The zero-order valence-electron chi connectivity index (χ0n) is 12.6. The van der Waals surface area contributed by atoms with E-state index < -0.39 is 5.60 Å². The third-order valence-electron chi connectivity index (χ3n) is 3.52. The molecule has 7 heteroatoms. The molecule has 1 unspecified atom stereocenters. The van der Waals surface area contributed by atoms with E-state index in [1.807, 2.05) is 25.7 Å². The Labute approximate surface area is 134 Å². The molecule has 0 saturated carbocycles. The largest absolute Gasteiger partial charge is 0.444 e. The second-order valence-corrected chi connectivity index (χ2v) is 6.15. The van der Waals surface area contributed by atoms with E-state index in [9.17, 15) is 4.79 Å². The summed E-state index contributed by atoms with van der Waals surface area (Å²) < 4.78 is 5.39. The lowest BCUT2D eigenvalue weighted by molar-refractivity contribution is 0.0112. The van der Waals surface area contributed by atoms with Crippen LogP contribution >= 0.6 is 24.8 Å². The average molecular weight is 328 g/mol. The van der Waals surface area contributed by atoms with E-state index >= 15 is 0 Å². The Morgan fingerprint density at radius 2 is 1.75 bits per heavy atom. The molecule has 0 aromatic carbocycles. The number of hydrogen-bond donors (Lipinski definition) is 1. The molecule has 1 N–H and O–H groups in total. The van der Waals surface area contributed by atoms with Crippen LogP contribution in [0.15, 0.2) is 0 Å². The van der Waals surface area contributed by atoms with Crippen molar-refractivity contribution in [3.8, 4) is 0 Å². The van der Waals surface area contributed by atoms with Gasteiger partial charge < -0.3 is 15.0 Å². The van der Waals surface area contributed by atoms with Gasteiger partial charge in [-0.25, -0.2) is 4.79 Å². The van der Waals surface area contributed by atoms with Crippen molar-refractivity contribution in [2.45, 2.75) is 38.8 Å². The first kappa shape index (κ1) is 19.8. The molecule has 2 aliphatic heterocycles. The lowest BCUT2D eigenvalue weighted by atomic mass is 10.2. The predicted octanol–water partition coefficient (Wildman–Crippen LogP) is 1.74. The Kier molecular flexibility index (Phi) is 8.18. The SMILES string of the molecule is CC(C)(C)OC(=O)N1CCN(C2CCNC2)CC1.Cl.Cl. The Morgan fingerprint density at radius 1 is 1.15 bits per heavy atom. The number of carbonyl (C=O) groups is 1. The summed E-state index contributed by atoms with van der Waals surface area (Å²) in [7, 11) is 0. The minimum Gasteiger partial charge on any atom is -0.444 e. The van der Waals surface area contributed by atoms with Gasteiger partial charge in [0.05, 0.1) is 0 Å². The van der Waals surface area contributed by atoms with Gasteiger partial charge in [-0.05, 0) is 33.7 Å².